The van der Waals surface area contributed by atoms with Gasteiger partial charge >= 0.3 is 0 Å². The minimum absolute atomic E-state index is 0.457. The molecule has 0 spiro atoms. The molecule has 0 aliphatic heterocycles. The number of nitrogens with one attached hydrogen (secondary N) is 2. The van der Waals surface area contributed by atoms with Crippen molar-refractivity contribution in [1.29, 1.82) is 0 Å². The first kappa shape index (κ1) is 14.7. The van der Waals surface area contributed by atoms with Crippen molar-refractivity contribution >= 4 is 11.6 Å². The molecule has 18 heavy (non-hydrogen) atoms. The fraction of sp³-hybridized carbons (Fsp3) is 0.692. The van der Waals surface area contributed by atoms with Gasteiger partial charge in [-0.05, 0) is 19.8 Å². The molecule has 1 heterocycles. The molecule has 0 radical (unpaired) electrons. The third-order valence-corrected chi connectivity index (χ3v) is 2.32. The van der Waals surface area contributed by atoms with Crippen LogP contribution in [0.25, 0.3) is 0 Å². The highest BCUT2D eigenvalue weighted by Gasteiger charge is 2.04. The van der Waals surface area contributed by atoms with E-state index in [0.29, 0.717) is 13.2 Å². The Morgan fingerprint density at radius 1 is 1.00 bits per heavy atom. The summed E-state index contributed by atoms with van der Waals surface area (Å²) < 4.78 is 5.36. The van der Waals surface area contributed by atoms with Crippen molar-refractivity contribution in [2.45, 2.75) is 40.2 Å². The lowest BCUT2D eigenvalue weighted by Crippen LogP contribution is -2.10. The van der Waals surface area contributed by atoms with Gasteiger partial charge in [-0.2, -0.15) is 0 Å². The van der Waals surface area contributed by atoms with Crippen molar-refractivity contribution in [3.63, 3.8) is 0 Å². The van der Waals surface area contributed by atoms with Crippen LogP contribution < -0.4 is 10.6 Å². The number of hydrogen-bond donors (Lipinski definition) is 2. The van der Waals surface area contributed by atoms with Gasteiger partial charge in [0, 0.05) is 25.8 Å². The normalized spacial score (nSPS) is 10.4. The molecular weight excluding hydrogens is 228 g/mol. The Hall–Kier alpha value is -1.36. The van der Waals surface area contributed by atoms with E-state index in [1.807, 2.05) is 13.0 Å². The standard InChI is InChI=1S/C13H24N4O/c1-4-7-14-11-9-12(15-8-5-2)17-13(16-11)10-18-6-3/h9H,4-8,10H2,1-3H3,(H2,14,15,16,17). The fourth-order valence-electron chi connectivity index (χ4n) is 1.44. The van der Waals surface area contributed by atoms with E-state index in [-0.39, 0.29) is 0 Å². The molecule has 0 atom stereocenters. The smallest absolute Gasteiger partial charge is 0.158 e. The second-order valence-electron chi connectivity index (χ2n) is 4.05. The van der Waals surface area contributed by atoms with Crippen LogP contribution >= 0.6 is 0 Å². The fourth-order valence-corrected chi connectivity index (χ4v) is 1.44. The zero-order chi connectivity index (χ0) is 13.2. The second kappa shape index (κ2) is 8.69. The highest BCUT2D eigenvalue weighted by Crippen LogP contribution is 2.12. The summed E-state index contributed by atoms with van der Waals surface area (Å²) >= 11 is 0. The van der Waals surface area contributed by atoms with Crippen molar-refractivity contribution in [2.24, 2.45) is 0 Å². The van der Waals surface area contributed by atoms with Crippen molar-refractivity contribution in [1.82, 2.24) is 9.97 Å². The predicted octanol–water partition coefficient (Wildman–Crippen LogP) is 2.66. The van der Waals surface area contributed by atoms with E-state index in [9.17, 15) is 0 Å². The summed E-state index contributed by atoms with van der Waals surface area (Å²) in [5, 5.41) is 6.56. The summed E-state index contributed by atoms with van der Waals surface area (Å²) in [7, 11) is 0. The van der Waals surface area contributed by atoms with E-state index >= 15 is 0 Å². The molecule has 2 N–H and O–H groups in total. The van der Waals surface area contributed by atoms with Crippen molar-refractivity contribution in [3.8, 4) is 0 Å². The number of aromatic nitrogens is 2. The van der Waals surface area contributed by atoms with E-state index in [1.54, 1.807) is 0 Å². The Bertz CT molecular complexity index is 279. The SMILES string of the molecule is CCCNc1cc(NCCC)nc(COCC)n1. The topological polar surface area (TPSA) is 59.1 Å². The second-order valence-corrected chi connectivity index (χ2v) is 4.05. The van der Waals surface area contributed by atoms with Crippen LogP contribution in [0, 0.1) is 0 Å². The van der Waals surface area contributed by atoms with Crippen LogP contribution in [0.2, 0.25) is 0 Å². The lowest BCUT2D eigenvalue weighted by Gasteiger charge is -2.10. The Morgan fingerprint density at radius 2 is 1.56 bits per heavy atom. The maximum absolute atomic E-state index is 5.36. The van der Waals surface area contributed by atoms with Crippen LogP contribution in [0.1, 0.15) is 39.4 Å². The Labute approximate surface area is 109 Å². The van der Waals surface area contributed by atoms with Crippen LogP contribution in [-0.4, -0.2) is 29.7 Å². The zero-order valence-corrected chi connectivity index (χ0v) is 11.6. The molecule has 0 aliphatic carbocycles. The molecule has 5 nitrogen and oxygen atoms in total. The molecule has 0 saturated heterocycles. The summed E-state index contributed by atoms with van der Waals surface area (Å²) in [5.74, 6) is 2.44. The van der Waals surface area contributed by atoms with Gasteiger partial charge in [-0.25, -0.2) is 9.97 Å². The quantitative estimate of drug-likeness (QED) is 0.707. The Morgan fingerprint density at radius 3 is 2.00 bits per heavy atom. The lowest BCUT2D eigenvalue weighted by molar-refractivity contribution is 0.128. The average Bonchev–Trinajstić information content (AvgIpc) is 2.40. The first-order valence-corrected chi connectivity index (χ1v) is 6.73. The molecule has 0 aromatic carbocycles. The van der Waals surface area contributed by atoms with Gasteiger partial charge in [0.1, 0.15) is 18.2 Å². The van der Waals surface area contributed by atoms with Gasteiger partial charge < -0.3 is 15.4 Å². The molecule has 5 heteroatoms. The van der Waals surface area contributed by atoms with Crippen LogP contribution in [0.5, 0.6) is 0 Å². The van der Waals surface area contributed by atoms with Crippen LogP contribution in [0.3, 0.4) is 0 Å². The number of hydrogen-bond acceptors (Lipinski definition) is 5. The molecular formula is C13H24N4O. The maximum Gasteiger partial charge on any atom is 0.158 e. The third kappa shape index (κ3) is 5.31. The molecule has 102 valence electrons. The first-order valence-electron chi connectivity index (χ1n) is 6.73. The number of anilines is 2. The van der Waals surface area contributed by atoms with Gasteiger partial charge in [-0.1, -0.05) is 13.8 Å². The van der Waals surface area contributed by atoms with Crippen molar-refractivity contribution < 1.29 is 4.74 Å². The van der Waals surface area contributed by atoms with Crippen LogP contribution in [0.4, 0.5) is 11.6 Å². The summed E-state index contributed by atoms with van der Waals surface area (Å²) in [6, 6.07) is 1.95. The van der Waals surface area contributed by atoms with E-state index in [1.165, 1.54) is 0 Å². The molecule has 0 unspecified atom stereocenters. The minimum Gasteiger partial charge on any atom is -0.374 e. The number of ether oxygens (including phenoxy) is 1. The van der Waals surface area contributed by atoms with Gasteiger partial charge in [-0.3, -0.25) is 0 Å². The molecule has 1 rings (SSSR count). The van der Waals surface area contributed by atoms with Gasteiger partial charge in [0.15, 0.2) is 5.82 Å². The number of nitrogens with zero attached hydrogens (tertiary/aromatic N) is 2. The monoisotopic (exact) mass is 252 g/mol. The largest absolute Gasteiger partial charge is 0.374 e. The van der Waals surface area contributed by atoms with E-state index in [4.69, 9.17) is 4.74 Å². The third-order valence-electron chi connectivity index (χ3n) is 2.32. The van der Waals surface area contributed by atoms with Gasteiger partial charge in [-0.15, -0.1) is 0 Å². The summed E-state index contributed by atoms with van der Waals surface area (Å²) in [6.45, 7) is 9.19. The van der Waals surface area contributed by atoms with Gasteiger partial charge in [0.2, 0.25) is 0 Å². The molecule has 0 saturated carbocycles. The summed E-state index contributed by atoms with van der Waals surface area (Å²) in [5.41, 5.74) is 0. The minimum atomic E-state index is 0.457. The molecule has 0 aliphatic rings. The molecule has 0 amide bonds. The molecule has 1 aromatic rings. The molecule has 0 bridgehead atoms. The Kier molecular flexibility index (Phi) is 7.10. The highest BCUT2D eigenvalue weighted by molar-refractivity contribution is 5.47. The number of rotatable bonds is 9. The zero-order valence-electron chi connectivity index (χ0n) is 11.6. The van der Waals surface area contributed by atoms with E-state index in [0.717, 1.165) is 43.4 Å². The van der Waals surface area contributed by atoms with Crippen molar-refractivity contribution in [2.75, 3.05) is 30.3 Å². The van der Waals surface area contributed by atoms with Gasteiger partial charge in [0.25, 0.3) is 0 Å². The predicted molar refractivity (Wildman–Crippen MR) is 74.9 cm³/mol. The van der Waals surface area contributed by atoms with Crippen LogP contribution in [-0.2, 0) is 11.3 Å². The van der Waals surface area contributed by atoms with Crippen LogP contribution in [0.15, 0.2) is 6.07 Å². The lowest BCUT2D eigenvalue weighted by atomic mass is 10.4. The molecule has 1 aromatic heterocycles. The van der Waals surface area contributed by atoms with E-state index < -0.39 is 0 Å². The summed E-state index contributed by atoms with van der Waals surface area (Å²) in [6.07, 6.45) is 2.14. The summed E-state index contributed by atoms with van der Waals surface area (Å²) in [4.78, 5) is 8.86. The average molecular weight is 252 g/mol. The van der Waals surface area contributed by atoms with Gasteiger partial charge in [0.05, 0.1) is 0 Å². The highest BCUT2D eigenvalue weighted by atomic mass is 16.5. The Balaban J connectivity index is 2.74. The first-order chi connectivity index (χ1) is 8.80. The molecule has 0 fully saturated rings. The maximum atomic E-state index is 5.36. The van der Waals surface area contributed by atoms with E-state index in [2.05, 4.69) is 34.4 Å². The van der Waals surface area contributed by atoms with Crippen molar-refractivity contribution in [3.05, 3.63) is 11.9 Å².